The van der Waals surface area contributed by atoms with E-state index in [2.05, 4.69) is 61.6 Å². The van der Waals surface area contributed by atoms with Crippen molar-refractivity contribution in [3.63, 3.8) is 0 Å². The van der Waals surface area contributed by atoms with Crippen LogP contribution in [0.3, 0.4) is 0 Å². The van der Waals surface area contributed by atoms with E-state index in [1.54, 1.807) is 0 Å². The largest absolute Gasteiger partial charge is 0.355 e. The van der Waals surface area contributed by atoms with Gasteiger partial charge in [-0.1, -0.05) is 65.2 Å². The minimum Gasteiger partial charge on any atom is -0.355 e. The van der Waals surface area contributed by atoms with E-state index in [4.69, 9.17) is 11.6 Å². The van der Waals surface area contributed by atoms with Crippen molar-refractivity contribution >= 4 is 17.5 Å². The van der Waals surface area contributed by atoms with Crippen LogP contribution in [0.5, 0.6) is 0 Å². The van der Waals surface area contributed by atoms with Crippen LogP contribution in [0, 0.1) is 18.8 Å². The Morgan fingerprint density at radius 2 is 1.60 bits per heavy atom. The van der Waals surface area contributed by atoms with E-state index in [9.17, 15) is 4.79 Å². The molecule has 1 saturated heterocycles. The summed E-state index contributed by atoms with van der Waals surface area (Å²) >= 11 is 6.10. The zero-order chi connectivity index (χ0) is 17.6. The molecule has 2 aromatic carbocycles. The lowest BCUT2D eigenvalue weighted by Gasteiger charge is -2.39. The highest BCUT2D eigenvalue weighted by Gasteiger charge is 2.46. The van der Waals surface area contributed by atoms with Crippen LogP contribution in [-0.4, -0.2) is 12.5 Å². The molecule has 0 spiro atoms. The number of hydrogen-bond donors (Lipinski definition) is 1. The maximum atomic E-state index is 12.3. The summed E-state index contributed by atoms with van der Waals surface area (Å²) in [7, 11) is 0. The fourth-order valence-electron chi connectivity index (χ4n) is 4.49. The number of carbonyl (C=O) groups is 1. The van der Waals surface area contributed by atoms with Gasteiger partial charge in [0, 0.05) is 23.4 Å². The van der Waals surface area contributed by atoms with Crippen LogP contribution in [-0.2, 0) is 4.79 Å². The second kappa shape index (κ2) is 6.34. The quantitative estimate of drug-likeness (QED) is 0.771. The third kappa shape index (κ3) is 2.89. The zero-order valence-corrected chi connectivity index (χ0v) is 15.3. The average molecular weight is 352 g/mol. The van der Waals surface area contributed by atoms with E-state index in [0.29, 0.717) is 5.92 Å². The van der Waals surface area contributed by atoms with Crippen LogP contribution in [0.4, 0.5) is 0 Å². The monoisotopic (exact) mass is 351 g/mol. The van der Waals surface area contributed by atoms with E-state index in [-0.39, 0.29) is 23.7 Å². The Kier molecular flexibility index (Phi) is 4.16. The predicted octanol–water partition coefficient (Wildman–Crippen LogP) is 4.84. The molecule has 0 saturated carbocycles. The summed E-state index contributed by atoms with van der Waals surface area (Å²) in [4.78, 5) is 12.3. The van der Waals surface area contributed by atoms with Gasteiger partial charge in [-0.2, -0.15) is 0 Å². The predicted molar refractivity (Wildman–Crippen MR) is 102 cm³/mol. The Balaban J connectivity index is 1.84. The molecule has 4 atom stereocenters. The van der Waals surface area contributed by atoms with Gasteiger partial charge in [-0.05, 0) is 43.0 Å². The van der Waals surface area contributed by atoms with Crippen LogP contribution in [0.15, 0.2) is 60.2 Å². The summed E-state index contributed by atoms with van der Waals surface area (Å²) < 4.78 is 0. The molecule has 0 radical (unpaired) electrons. The SMILES string of the molecule is CC1=C[C@@H]2C(=O)NC[C@H]2[C@@H](c2ccc(C)cc2)[C@@H]1c1ccc(Cl)cc1. The van der Waals surface area contributed by atoms with E-state index < -0.39 is 0 Å². The molecule has 128 valence electrons. The van der Waals surface area contributed by atoms with Gasteiger partial charge < -0.3 is 5.32 Å². The number of benzene rings is 2. The number of allylic oxidation sites excluding steroid dienone is 1. The van der Waals surface area contributed by atoms with Crippen LogP contribution >= 0.6 is 11.6 Å². The van der Waals surface area contributed by atoms with Crippen molar-refractivity contribution in [1.82, 2.24) is 5.32 Å². The molecule has 1 fully saturated rings. The Morgan fingerprint density at radius 3 is 2.28 bits per heavy atom. The van der Waals surface area contributed by atoms with Crippen molar-refractivity contribution in [3.05, 3.63) is 81.9 Å². The number of hydrogen-bond acceptors (Lipinski definition) is 1. The summed E-state index contributed by atoms with van der Waals surface area (Å²) in [5, 5.41) is 3.82. The molecule has 0 bridgehead atoms. The Bertz CT molecular complexity index is 822. The Hall–Kier alpha value is -2.06. The molecular formula is C22H22ClNO. The molecule has 2 nitrogen and oxygen atoms in total. The van der Waals surface area contributed by atoms with E-state index in [1.807, 2.05) is 12.1 Å². The maximum absolute atomic E-state index is 12.3. The molecule has 0 unspecified atom stereocenters. The molecule has 1 aliphatic carbocycles. The average Bonchev–Trinajstić information content (AvgIpc) is 2.96. The minimum absolute atomic E-state index is 0.0187. The number of fused-ring (bicyclic) bond motifs is 1. The standard InChI is InChI=1S/C22H22ClNO/c1-13-3-5-16(6-4-13)21-19-12-24-22(25)18(19)11-14(2)20(21)15-7-9-17(23)10-8-15/h3-11,18-21H,12H2,1-2H3,(H,24,25)/t18-,19+,20-,21+/m0/s1. The third-order valence-electron chi connectivity index (χ3n) is 5.72. The lowest BCUT2D eigenvalue weighted by molar-refractivity contribution is -0.121. The van der Waals surface area contributed by atoms with Gasteiger partial charge in [-0.25, -0.2) is 0 Å². The molecule has 25 heavy (non-hydrogen) atoms. The van der Waals surface area contributed by atoms with Crippen molar-refractivity contribution in [2.75, 3.05) is 6.54 Å². The lowest BCUT2D eigenvalue weighted by atomic mass is 9.64. The topological polar surface area (TPSA) is 29.1 Å². The van der Waals surface area contributed by atoms with Crippen molar-refractivity contribution in [2.45, 2.75) is 25.7 Å². The van der Waals surface area contributed by atoms with Crippen molar-refractivity contribution in [1.29, 1.82) is 0 Å². The molecule has 2 aliphatic rings. The molecule has 1 amide bonds. The smallest absolute Gasteiger partial charge is 0.227 e. The number of halogens is 1. The van der Waals surface area contributed by atoms with Crippen molar-refractivity contribution < 1.29 is 4.79 Å². The summed E-state index contributed by atoms with van der Waals surface area (Å²) in [5.74, 6) is 0.995. The fraction of sp³-hybridized carbons (Fsp3) is 0.318. The van der Waals surface area contributed by atoms with E-state index in [1.165, 1.54) is 22.3 Å². The third-order valence-corrected chi connectivity index (χ3v) is 5.97. The van der Waals surface area contributed by atoms with E-state index >= 15 is 0 Å². The van der Waals surface area contributed by atoms with Crippen molar-refractivity contribution in [3.8, 4) is 0 Å². The van der Waals surface area contributed by atoms with Crippen molar-refractivity contribution in [2.24, 2.45) is 11.8 Å². The molecule has 1 heterocycles. The normalized spacial score (nSPS) is 28.3. The number of carbonyl (C=O) groups excluding carboxylic acids is 1. The number of aryl methyl sites for hydroxylation is 1. The van der Waals surface area contributed by atoms with Gasteiger partial charge in [-0.3, -0.25) is 4.79 Å². The van der Waals surface area contributed by atoms with Gasteiger partial charge in [0.15, 0.2) is 0 Å². The Morgan fingerprint density at radius 1 is 0.960 bits per heavy atom. The van der Waals surface area contributed by atoms with Crippen LogP contribution in [0.25, 0.3) is 0 Å². The molecule has 1 aliphatic heterocycles. The van der Waals surface area contributed by atoms with Crippen LogP contribution in [0.2, 0.25) is 5.02 Å². The van der Waals surface area contributed by atoms with Gasteiger partial charge >= 0.3 is 0 Å². The minimum atomic E-state index is -0.0187. The number of nitrogens with one attached hydrogen (secondary N) is 1. The van der Waals surface area contributed by atoms with Gasteiger partial charge in [-0.15, -0.1) is 0 Å². The molecule has 1 N–H and O–H groups in total. The first kappa shape index (κ1) is 16.4. The van der Waals surface area contributed by atoms with Gasteiger partial charge in [0.05, 0.1) is 5.92 Å². The highest BCUT2D eigenvalue weighted by molar-refractivity contribution is 6.30. The van der Waals surface area contributed by atoms with Gasteiger partial charge in [0.2, 0.25) is 5.91 Å². The van der Waals surface area contributed by atoms with Gasteiger partial charge in [0.25, 0.3) is 0 Å². The molecular weight excluding hydrogens is 330 g/mol. The number of rotatable bonds is 2. The lowest BCUT2D eigenvalue weighted by Crippen LogP contribution is -2.31. The zero-order valence-electron chi connectivity index (χ0n) is 14.5. The fourth-order valence-corrected chi connectivity index (χ4v) is 4.62. The van der Waals surface area contributed by atoms with Crippen LogP contribution in [0.1, 0.15) is 35.4 Å². The second-order valence-corrected chi connectivity index (χ2v) is 7.75. The first-order valence-electron chi connectivity index (χ1n) is 8.82. The summed E-state index contributed by atoms with van der Waals surface area (Å²) in [5.41, 5.74) is 5.10. The summed E-state index contributed by atoms with van der Waals surface area (Å²) in [6.07, 6.45) is 2.18. The summed E-state index contributed by atoms with van der Waals surface area (Å²) in [6.45, 7) is 5.01. The van der Waals surface area contributed by atoms with E-state index in [0.717, 1.165) is 11.6 Å². The van der Waals surface area contributed by atoms with Gasteiger partial charge in [0.1, 0.15) is 0 Å². The summed E-state index contributed by atoms with van der Waals surface area (Å²) in [6, 6.07) is 16.9. The Labute approximate surface area is 153 Å². The number of amides is 1. The first-order valence-corrected chi connectivity index (χ1v) is 9.20. The highest BCUT2D eigenvalue weighted by atomic mass is 35.5. The van der Waals surface area contributed by atoms with Crippen LogP contribution < -0.4 is 5.32 Å². The molecule has 2 aromatic rings. The molecule has 0 aromatic heterocycles. The molecule has 3 heteroatoms. The second-order valence-electron chi connectivity index (χ2n) is 7.31. The molecule has 4 rings (SSSR count). The highest BCUT2D eigenvalue weighted by Crippen LogP contribution is 2.51. The first-order chi connectivity index (χ1) is 12.0. The maximum Gasteiger partial charge on any atom is 0.227 e.